The Morgan fingerprint density at radius 2 is 1.03 bits per heavy atom. The zero-order valence-corrected chi connectivity index (χ0v) is 21.0. The largest absolute Gasteiger partial charge is 0.381 e. The molecule has 2 aromatic rings. The summed E-state index contributed by atoms with van der Waals surface area (Å²) in [5.74, 6) is 1.07. The first-order valence-electron chi connectivity index (χ1n) is 13.8. The van der Waals surface area contributed by atoms with Crippen molar-refractivity contribution in [3.63, 3.8) is 0 Å². The van der Waals surface area contributed by atoms with Crippen LogP contribution in [0.4, 0.5) is 13.2 Å². The summed E-state index contributed by atoms with van der Waals surface area (Å²) in [6.45, 7) is 0. The van der Waals surface area contributed by atoms with Gasteiger partial charge >= 0.3 is 0 Å². The monoisotopic (exact) mass is 484 g/mol. The highest BCUT2D eigenvalue weighted by Gasteiger charge is 2.33. The molecule has 35 heavy (non-hydrogen) atoms. The molecule has 190 valence electrons. The van der Waals surface area contributed by atoms with Crippen LogP contribution in [0.25, 0.3) is 0 Å². The Labute approximate surface area is 208 Å². The minimum Gasteiger partial charge on any atom is -0.381 e. The van der Waals surface area contributed by atoms with E-state index in [1.54, 1.807) is 13.2 Å². The second-order valence-electron chi connectivity index (χ2n) is 11.4. The van der Waals surface area contributed by atoms with Crippen LogP contribution in [0.2, 0.25) is 0 Å². The molecule has 4 heteroatoms. The number of benzene rings is 2. The number of halogens is 3. The van der Waals surface area contributed by atoms with E-state index in [0.717, 1.165) is 86.8 Å². The predicted molar refractivity (Wildman–Crippen MR) is 134 cm³/mol. The third-order valence-corrected chi connectivity index (χ3v) is 9.57. The van der Waals surface area contributed by atoms with Gasteiger partial charge in [0.25, 0.3) is 0 Å². The van der Waals surface area contributed by atoms with Gasteiger partial charge < -0.3 is 4.74 Å². The van der Waals surface area contributed by atoms with Gasteiger partial charge in [-0.3, -0.25) is 0 Å². The van der Waals surface area contributed by atoms with Crippen molar-refractivity contribution >= 4 is 0 Å². The van der Waals surface area contributed by atoms with Gasteiger partial charge in [0, 0.05) is 7.11 Å². The van der Waals surface area contributed by atoms with Crippen molar-refractivity contribution < 1.29 is 17.9 Å². The first-order valence-corrected chi connectivity index (χ1v) is 13.8. The summed E-state index contributed by atoms with van der Waals surface area (Å²) in [6, 6.07) is 10.5. The van der Waals surface area contributed by atoms with Crippen LogP contribution in [0.3, 0.4) is 0 Å². The molecule has 1 nitrogen and oxygen atoms in total. The normalized spacial score (nSPS) is 31.9. The highest BCUT2D eigenvalue weighted by Crippen LogP contribution is 2.46. The van der Waals surface area contributed by atoms with Crippen molar-refractivity contribution in [2.24, 2.45) is 11.8 Å². The number of rotatable bonds is 5. The second kappa shape index (κ2) is 11.1. The van der Waals surface area contributed by atoms with E-state index in [1.165, 1.54) is 25.0 Å². The molecule has 3 fully saturated rings. The van der Waals surface area contributed by atoms with Gasteiger partial charge in [-0.2, -0.15) is 0 Å². The number of hydrogen-bond donors (Lipinski definition) is 0. The van der Waals surface area contributed by atoms with Crippen LogP contribution in [0.5, 0.6) is 0 Å². The van der Waals surface area contributed by atoms with Crippen molar-refractivity contribution in [1.82, 2.24) is 0 Å². The van der Waals surface area contributed by atoms with Crippen molar-refractivity contribution in [2.45, 2.75) is 101 Å². The van der Waals surface area contributed by atoms with E-state index in [4.69, 9.17) is 4.74 Å². The van der Waals surface area contributed by atoms with Gasteiger partial charge in [0.2, 0.25) is 0 Å². The smallest absolute Gasteiger partial charge is 0.159 e. The number of methoxy groups -OCH3 is 1. The van der Waals surface area contributed by atoms with E-state index in [2.05, 4.69) is 12.1 Å². The van der Waals surface area contributed by atoms with Crippen LogP contribution in [-0.4, -0.2) is 13.2 Å². The average molecular weight is 485 g/mol. The molecule has 0 atom stereocenters. The van der Waals surface area contributed by atoms with Crippen LogP contribution in [0, 0.1) is 29.3 Å². The lowest BCUT2D eigenvalue weighted by molar-refractivity contribution is 0.0658. The first kappa shape index (κ1) is 24.9. The van der Waals surface area contributed by atoms with Crippen LogP contribution in [0.1, 0.15) is 111 Å². The van der Waals surface area contributed by atoms with E-state index >= 15 is 4.39 Å². The SMILES string of the molecule is COC1CCC(c2ccc(C3CCC(C4CCC(c5ccc(F)c(F)c5)CC4)CC3)c(F)c2)CC1. The highest BCUT2D eigenvalue weighted by atomic mass is 19.2. The molecule has 0 saturated heterocycles. The second-order valence-corrected chi connectivity index (χ2v) is 11.4. The van der Waals surface area contributed by atoms with Gasteiger partial charge in [-0.25, -0.2) is 13.2 Å². The summed E-state index contributed by atoms with van der Waals surface area (Å²) < 4.78 is 47.6. The van der Waals surface area contributed by atoms with Crippen molar-refractivity contribution in [2.75, 3.05) is 7.11 Å². The number of hydrogen-bond acceptors (Lipinski definition) is 1. The molecular weight excluding hydrogens is 445 g/mol. The Bertz CT molecular complexity index is 981. The maximum absolute atomic E-state index is 15.2. The molecule has 0 heterocycles. The Morgan fingerprint density at radius 3 is 1.54 bits per heavy atom. The molecular formula is C31H39F3O. The lowest BCUT2D eigenvalue weighted by atomic mass is 9.67. The van der Waals surface area contributed by atoms with Crippen molar-refractivity contribution in [1.29, 1.82) is 0 Å². The number of ether oxygens (including phenoxy) is 1. The molecule has 2 aromatic carbocycles. The van der Waals surface area contributed by atoms with Gasteiger partial charge in [0.15, 0.2) is 11.6 Å². The maximum atomic E-state index is 15.2. The molecule has 0 amide bonds. The van der Waals surface area contributed by atoms with E-state index < -0.39 is 11.6 Å². The zero-order chi connectivity index (χ0) is 24.4. The molecule has 0 radical (unpaired) electrons. The minimum absolute atomic E-state index is 0.00754. The van der Waals surface area contributed by atoms with Gasteiger partial charge in [-0.1, -0.05) is 18.2 Å². The molecule has 0 unspecified atom stereocenters. The van der Waals surface area contributed by atoms with E-state index in [0.29, 0.717) is 29.8 Å². The first-order chi connectivity index (χ1) is 17.0. The van der Waals surface area contributed by atoms with Gasteiger partial charge in [-0.05, 0) is 142 Å². The summed E-state index contributed by atoms with van der Waals surface area (Å²) in [4.78, 5) is 0. The topological polar surface area (TPSA) is 9.23 Å². The molecule has 0 bridgehead atoms. The maximum Gasteiger partial charge on any atom is 0.159 e. The zero-order valence-electron chi connectivity index (χ0n) is 21.0. The predicted octanol–water partition coefficient (Wildman–Crippen LogP) is 9.02. The fraction of sp³-hybridized carbons (Fsp3) is 0.613. The molecule has 3 aliphatic carbocycles. The molecule has 0 spiro atoms. The van der Waals surface area contributed by atoms with E-state index in [1.807, 2.05) is 6.07 Å². The lowest BCUT2D eigenvalue weighted by Gasteiger charge is -2.38. The van der Waals surface area contributed by atoms with Gasteiger partial charge in [0.1, 0.15) is 5.82 Å². The van der Waals surface area contributed by atoms with Crippen LogP contribution >= 0.6 is 0 Å². The van der Waals surface area contributed by atoms with Gasteiger partial charge in [0.05, 0.1) is 6.10 Å². The molecule has 5 rings (SSSR count). The molecule has 0 N–H and O–H groups in total. The Hall–Kier alpha value is -1.81. The molecule has 3 aliphatic rings. The van der Waals surface area contributed by atoms with Gasteiger partial charge in [-0.15, -0.1) is 0 Å². The average Bonchev–Trinajstić information content (AvgIpc) is 2.90. The standard InChI is InChI=1S/C31H39F3O/c1-35-27-14-10-23(11-15-27)25-12-16-28(30(33)18-25)24-8-6-21(7-9-24)20-2-4-22(5-3-20)26-13-17-29(32)31(34)19-26/h12-13,16-24,27H,2-11,14-15H2,1H3. The lowest BCUT2D eigenvalue weighted by Crippen LogP contribution is -2.25. The molecule has 0 aromatic heterocycles. The molecule has 3 saturated carbocycles. The van der Waals surface area contributed by atoms with E-state index in [9.17, 15) is 8.78 Å². The van der Waals surface area contributed by atoms with E-state index in [-0.39, 0.29) is 5.82 Å². The van der Waals surface area contributed by atoms with Crippen LogP contribution in [-0.2, 0) is 4.74 Å². The Kier molecular flexibility index (Phi) is 7.86. The highest BCUT2D eigenvalue weighted by molar-refractivity contribution is 5.30. The molecule has 0 aliphatic heterocycles. The Morgan fingerprint density at radius 1 is 0.543 bits per heavy atom. The quantitative estimate of drug-likeness (QED) is 0.411. The summed E-state index contributed by atoms with van der Waals surface area (Å²) in [5, 5.41) is 0. The van der Waals surface area contributed by atoms with Crippen molar-refractivity contribution in [3.05, 3.63) is 70.5 Å². The third-order valence-electron chi connectivity index (χ3n) is 9.57. The fourth-order valence-corrected chi connectivity index (χ4v) is 7.35. The summed E-state index contributed by atoms with van der Waals surface area (Å²) in [6.07, 6.45) is 13.6. The van der Waals surface area contributed by atoms with Crippen LogP contribution in [0.15, 0.2) is 36.4 Å². The van der Waals surface area contributed by atoms with Crippen LogP contribution < -0.4 is 0 Å². The summed E-state index contributed by atoms with van der Waals surface area (Å²) in [5.41, 5.74) is 3.02. The third kappa shape index (κ3) is 5.63. The minimum atomic E-state index is -0.764. The Balaban J connectivity index is 1.12. The van der Waals surface area contributed by atoms with Crippen molar-refractivity contribution in [3.8, 4) is 0 Å². The summed E-state index contributed by atoms with van der Waals surface area (Å²) in [7, 11) is 1.79. The summed E-state index contributed by atoms with van der Waals surface area (Å²) >= 11 is 0. The fourth-order valence-electron chi connectivity index (χ4n) is 7.35.